The molecule has 2 rings (SSSR count). The number of nitriles is 1. The molecule has 0 radical (unpaired) electrons. The Kier molecular flexibility index (Phi) is 3.78. The molecular formula is C13H12N2O4. The van der Waals surface area contributed by atoms with Gasteiger partial charge in [-0.2, -0.15) is 5.26 Å². The van der Waals surface area contributed by atoms with E-state index in [1.807, 2.05) is 6.07 Å². The Balaban J connectivity index is 2.25. The van der Waals surface area contributed by atoms with Crippen LogP contribution in [0.15, 0.2) is 24.3 Å². The van der Waals surface area contributed by atoms with E-state index >= 15 is 0 Å². The molecule has 1 heterocycles. The first kappa shape index (κ1) is 13.1. The van der Waals surface area contributed by atoms with Gasteiger partial charge in [0.2, 0.25) is 0 Å². The number of hydrogen-bond donors (Lipinski definition) is 1. The molecule has 6 nitrogen and oxygen atoms in total. The highest BCUT2D eigenvalue weighted by molar-refractivity contribution is 6.04. The highest BCUT2D eigenvalue weighted by Crippen LogP contribution is 2.14. The largest absolute Gasteiger partial charge is 0.478 e. The maximum atomic E-state index is 12.3. The summed E-state index contributed by atoms with van der Waals surface area (Å²) < 4.78 is 5.15. The van der Waals surface area contributed by atoms with Crippen LogP contribution in [0.25, 0.3) is 0 Å². The molecule has 1 fully saturated rings. The number of carbonyl (C=O) groups excluding carboxylic acids is 1. The smallest absolute Gasteiger partial charge is 0.336 e. The van der Waals surface area contributed by atoms with Crippen molar-refractivity contribution >= 4 is 11.9 Å². The first-order valence-electron chi connectivity index (χ1n) is 5.76. The number of nitrogens with zero attached hydrogens (tertiary/aromatic N) is 2. The Labute approximate surface area is 109 Å². The Hall–Kier alpha value is -2.39. The molecule has 98 valence electrons. The lowest BCUT2D eigenvalue weighted by atomic mass is 10.1. The molecule has 0 aliphatic carbocycles. The molecule has 19 heavy (non-hydrogen) atoms. The fraction of sp³-hybridized carbons (Fsp3) is 0.308. The normalized spacial score (nSPS) is 18.7. The van der Waals surface area contributed by atoms with Crippen molar-refractivity contribution in [2.75, 3.05) is 19.7 Å². The van der Waals surface area contributed by atoms with Crippen LogP contribution < -0.4 is 0 Å². The molecule has 0 saturated carbocycles. The van der Waals surface area contributed by atoms with Crippen LogP contribution in [0.5, 0.6) is 0 Å². The zero-order valence-electron chi connectivity index (χ0n) is 10.1. The van der Waals surface area contributed by atoms with Gasteiger partial charge in [0.15, 0.2) is 6.10 Å². The summed E-state index contributed by atoms with van der Waals surface area (Å²) in [4.78, 5) is 24.8. The highest BCUT2D eigenvalue weighted by Gasteiger charge is 2.27. The van der Waals surface area contributed by atoms with E-state index in [0.717, 1.165) is 0 Å². The van der Waals surface area contributed by atoms with E-state index in [4.69, 9.17) is 15.1 Å². The van der Waals surface area contributed by atoms with Gasteiger partial charge in [0.05, 0.1) is 30.3 Å². The van der Waals surface area contributed by atoms with Crippen molar-refractivity contribution in [1.82, 2.24) is 4.90 Å². The summed E-state index contributed by atoms with van der Waals surface area (Å²) in [5.41, 5.74) is 0.0982. The molecule has 1 aliphatic rings. The lowest BCUT2D eigenvalue weighted by Crippen LogP contribution is -2.45. The van der Waals surface area contributed by atoms with Gasteiger partial charge in [0.25, 0.3) is 5.91 Å². The zero-order chi connectivity index (χ0) is 13.8. The molecule has 1 amide bonds. The van der Waals surface area contributed by atoms with Gasteiger partial charge in [0.1, 0.15) is 0 Å². The van der Waals surface area contributed by atoms with Crippen LogP contribution in [-0.2, 0) is 4.74 Å². The maximum Gasteiger partial charge on any atom is 0.336 e. The van der Waals surface area contributed by atoms with Crippen LogP contribution in [0.1, 0.15) is 20.7 Å². The van der Waals surface area contributed by atoms with E-state index in [2.05, 4.69) is 0 Å². The number of carboxylic acids is 1. The third kappa shape index (κ3) is 2.72. The number of rotatable bonds is 2. The lowest BCUT2D eigenvalue weighted by Gasteiger charge is -2.30. The molecule has 6 heteroatoms. The summed E-state index contributed by atoms with van der Waals surface area (Å²) >= 11 is 0. The minimum Gasteiger partial charge on any atom is -0.478 e. The van der Waals surface area contributed by atoms with Gasteiger partial charge in [-0.3, -0.25) is 4.79 Å². The first-order valence-corrected chi connectivity index (χ1v) is 5.76. The van der Waals surface area contributed by atoms with Gasteiger partial charge in [-0.15, -0.1) is 0 Å². The predicted octanol–water partition coefficient (Wildman–Crippen LogP) is 0.749. The average Bonchev–Trinajstić information content (AvgIpc) is 2.46. The molecular weight excluding hydrogens is 248 g/mol. The number of hydrogen-bond acceptors (Lipinski definition) is 4. The maximum absolute atomic E-state index is 12.3. The van der Waals surface area contributed by atoms with Crippen molar-refractivity contribution in [1.29, 1.82) is 5.26 Å². The van der Waals surface area contributed by atoms with Crippen molar-refractivity contribution < 1.29 is 19.4 Å². The van der Waals surface area contributed by atoms with Crippen LogP contribution in [-0.4, -0.2) is 47.7 Å². The summed E-state index contributed by atoms with van der Waals surface area (Å²) in [7, 11) is 0. The van der Waals surface area contributed by atoms with Gasteiger partial charge in [0, 0.05) is 6.54 Å². The molecule has 0 spiro atoms. The topological polar surface area (TPSA) is 90.6 Å². The monoisotopic (exact) mass is 260 g/mol. The molecule has 0 bridgehead atoms. The Morgan fingerprint density at radius 2 is 2.05 bits per heavy atom. The number of morpholine rings is 1. The van der Waals surface area contributed by atoms with Crippen molar-refractivity contribution in [3.8, 4) is 6.07 Å². The minimum atomic E-state index is -1.14. The van der Waals surface area contributed by atoms with Crippen molar-refractivity contribution in [3.63, 3.8) is 0 Å². The van der Waals surface area contributed by atoms with Gasteiger partial charge in [-0.05, 0) is 12.1 Å². The van der Waals surface area contributed by atoms with Gasteiger partial charge < -0.3 is 14.7 Å². The average molecular weight is 260 g/mol. The summed E-state index contributed by atoms with van der Waals surface area (Å²) in [6, 6.07) is 7.99. The summed E-state index contributed by atoms with van der Waals surface area (Å²) in [6.07, 6.45) is -0.658. The second-order valence-electron chi connectivity index (χ2n) is 4.09. The number of aromatic carboxylic acids is 1. The number of ether oxygens (including phenoxy) is 1. The van der Waals surface area contributed by atoms with Crippen LogP contribution >= 0.6 is 0 Å². The highest BCUT2D eigenvalue weighted by atomic mass is 16.5. The van der Waals surface area contributed by atoms with Crippen LogP contribution in [0.2, 0.25) is 0 Å². The molecule has 1 aromatic carbocycles. The van der Waals surface area contributed by atoms with E-state index in [1.165, 1.54) is 17.0 Å². The van der Waals surface area contributed by atoms with Gasteiger partial charge in [-0.25, -0.2) is 4.79 Å². The van der Waals surface area contributed by atoms with Crippen LogP contribution in [0, 0.1) is 11.3 Å². The fourth-order valence-electron chi connectivity index (χ4n) is 1.94. The second kappa shape index (κ2) is 5.50. The third-order valence-electron chi connectivity index (χ3n) is 2.89. The summed E-state index contributed by atoms with van der Waals surface area (Å²) in [6.45, 7) is 0.785. The molecule has 1 atom stereocenters. The number of carbonyl (C=O) groups is 2. The van der Waals surface area contributed by atoms with Crippen molar-refractivity contribution in [2.24, 2.45) is 0 Å². The molecule has 1 unspecified atom stereocenters. The van der Waals surface area contributed by atoms with Gasteiger partial charge in [-0.1, -0.05) is 12.1 Å². The first-order chi connectivity index (χ1) is 9.13. The van der Waals surface area contributed by atoms with E-state index in [0.29, 0.717) is 6.54 Å². The minimum absolute atomic E-state index is 0.0347. The van der Waals surface area contributed by atoms with Crippen molar-refractivity contribution in [2.45, 2.75) is 6.10 Å². The third-order valence-corrected chi connectivity index (χ3v) is 2.89. The van der Waals surface area contributed by atoms with E-state index in [-0.39, 0.29) is 30.2 Å². The van der Waals surface area contributed by atoms with Crippen LogP contribution in [0.3, 0.4) is 0 Å². The Morgan fingerprint density at radius 3 is 2.68 bits per heavy atom. The number of amides is 1. The molecule has 0 aromatic heterocycles. The van der Waals surface area contributed by atoms with E-state index < -0.39 is 12.1 Å². The quantitative estimate of drug-likeness (QED) is 0.847. The summed E-state index contributed by atoms with van der Waals surface area (Å²) in [5, 5.41) is 17.9. The SMILES string of the molecule is N#CC1CN(C(=O)c2ccccc2C(=O)O)CCO1. The predicted molar refractivity (Wildman–Crippen MR) is 64.7 cm³/mol. The second-order valence-corrected chi connectivity index (χ2v) is 4.09. The summed E-state index contributed by atoms with van der Waals surface area (Å²) in [5.74, 6) is -1.53. The Bertz CT molecular complexity index is 550. The van der Waals surface area contributed by atoms with E-state index in [1.54, 1.807) is 12.1 Å². The fourth-order valence-corrected chi connectivity index (χ4v) is 1.94. The molecule has 1 aromatic rings. The van der Waals surface area contributed by atoms with Crippen molar-refractivity contribution in [3.05, 3.63) is 35.4 Å². The molecule has 1 N–H and O–H groups in total. The number of carboxylic acid groups (broad SMARTS) is 1. The lowest BCUT2D eigenvalue weighted by molar-refractivity contribution is 0.00337. The Morgan fingerprint density at radius 1 is 1.37 bits per heavy atom. The molecule has 1 saturated heterocycles. The zero-order valence-corrected chi connectivity index (χ0v) is 10.1. The standard InChI is InChI=1S/C13H12N2O4/c14-7-9-8-15(5-6-19-9)12(16)10-3-1-2-4-11(10)13(17)18/h1-4,9H,5-6,8H2,(H,17,18). The van der Waals surface area contributed by atoms with E-state index in [9.17, 15) is 9.59 Å². The van der Waals surface area contributed by atoms with Crippen LogP contribution in [0.4, 0.5) is 0 Å². The van der Waals surface area contributed by atoms with Gasteiger partial charge >= 0.3 is 5.97 Å². The molecule has 1 aliphatic heterocycles. The number of benzene rings is 1.